The summed E-state index contributed by atoms with van der Waals surface area (Å²) in [7, 11) is 0. The molecule has 4 nitrogen and oxygen atoms in total. The van der Waals surface area contributed by atoms with Gasteiger partial charge < -0.3 is 15.8 Å². The van der Waals surface area contributed by atoms with Gasteiger partial charge in [0.05, 0.1) is 12.7 Å². The maximum Gasteiger partial charge on any atom is 0.265 e. The molecule has 20 heavy (non-hydrogen) atoms. The molecule has 1 fully saturated rings. The molecule has 0 spiro atoms. The molecule has 2 rings (SSSR count). The van der Waals surface area contributed by atoms with E-state index in [0.29, 0.717) is 24.5 Å². The minimum atomic E-state index is -2.54. The summed E-state index contributed by atoms with van der Waals surface area (Å²) in [5.41, 5.74) is 6.25. The van der Waals surface area contributed by atoms with Crippen LogP contribution in [0.25, 0.3) is 0 Å². The fourth-order valence-corrected chi connectivity index (χ4v) is 2.34. The van der Waals surface area contributed by atoms with Crippen molar-refractivity contribution in [3.8, 4) is 0 Å². The molecule has 1 aliphatic heterocycles. The topological polar surface area (TPSA) is 50.5 Å². The number of nitrogens with zero attached hydrogens (tertiary/aromatic N) is 1. The van der Waals surface area contributed by atoms with Crippen LogP contribution in [0.15, 0.2) is 18.2 Å². The number of nitrogens with two attached hydrogens (primary N) is 1. The van der Waals surface area contributed by atoms with Crippen molar-refractivity contribution in [3.63, 3.8) is 0 Å². The molecular formula is C14H21F2N3O. The van der Waals surface area contributed by atoms with Gasteiger partial charge in [0.15, 0.2) is 0 Å². The lowest BCUT2D eigenvalue weighted by Gasteiger charge is -2.32. The van der Waals surface area contributed by atoms with E-state index in [1.54, 1.807) is 12.1 Å². The fourth-order valence-electron chi connectivity index (χ4n) is 2.34. The molecule has 1 atom stereocenters. The van der Waals surface area contributed by atoms with E-state index in [2.05, 4.69) is 17.1 Å². The average Bonchev–Trinajstić information content (AvgIpc) is 2.46. The number of anilines is 2. The molecule has 0 radical (unpaired) electrons. The van der Waals surface area contributed by atoms with Crippen molar-refractivity contribution in [2.75, 3.05) is 43.8 Å². The van der Waals surface area contributed by atoms with Crippen LogP contribution in [0.2, 0.25) is 0 Å². The lowest BCUT2D eigenvalue weighted by atomic mass is 10.1. The van der Waals surface area contributed by atoms with Crippen molar-refractivity contribution in [1.29, 1.82) is 0 Å². The summed E-state index contributed by atoms with van der Waals surface area (Å²) in [5.74, 6) is 0. The highest BCUT2D eigenvalue weighted by molar-refractivity contribution is 5.58. The molecule has 1 aliphatic rings. The Hall–Kier alpha value is -1.40. The van der Waals surface area contributed by atoms with Crippen molar-refractivity contribution < 1.29 is 13.5 Å². The molecular weight excluding hydrogens is 264 g/mol. The van der Waals surface area contributed by atoms with Crippen LogP contribution in [0.5, 0.6) is 0 Å². The molecule has 0 aliphatic carbocycles. The van der Waals surface area contributed by atoms with Crippen molar-refractivity contribution in [3.05, 3.63) is 23.8 Å². The minimum Gasteiger partial charge on any atom is -0.399 e. The van der Waals surface area contributed by atoms with Gasteiger partial charge in [-0.05, 0) is 24.7 Å². The Labute approximate surface area is 117 Å². The summed E-state index contributed by atoms with van der Waals surface area (Å²) in [4.78, 5) is 2.28. The molecule has 1 aromatic carbocycles. The number of halogens is 2. The Morgan fingerprint density at radius 3 is 3.00 bits per heavy atom. The lowest BCUT2D eigenvalue weighted by molar-refractivity contribution is -0.0192. The van der Waals surface area contributed by atoms with Crippen LogP contribution in [0.1, 0.15) is 18.9 Å². The van der Waals surface area contributed by atoms with Gasteiger partial charge in [-0.2, -0.15) is 0 Å². The van der Waals surface area contributed by atoms with E-state index in [-0.39, 0.29) is 11.7 Å². The predicted molar refractivity (Wildman–Crippen MR) is 76.2 cm³/mol. The Morgan fingerprint density at radius 1 is 1.50 bits per heavy atom. The molecule has 1 heterocycles. The molecule has 0 aromatic heterocycles. The highest BCUT2D eigenvalue weighted by Gasteiger charge is 2.20. The van der Waals surface area contributed by atoms with E-state index in [1.807, 2.05) is 0 Å². The molecule has 1 aromatic rings. The van der Waals surface area contributed by atoms with Gasteiger partial charge in [0.25, 0.3) is 6.43 Å². The van der Waals surface area contributed by atoms with E-state index in [9.17, 15) is 8.78 Å². The van der Waals surface area contributed by atoms with Crippen molar-refractivity contribution in [1.82, 2.24) is 4.90 Å². The van der Waals surface area contributed by atoms with Gasteiger partial charge in [-0.3, -0.25) is 4.90 Å². The summed E-state index contributed by atoms with van der Waals surface area (Å²) in [6.07, 6.45) is -2.52. The first kappa shape index (κ1) is 15.0. The van der Waals surface area contributed by atoms with Crippen LogP contribution in [-0.4, -0.2) is 43.8 Å². The summed E-state index contributed by atoms with van der Waals surface area (Å²) in [6, 6.07) is 4.53. The van der Waals surface area contributed by atoms with Crippen LogP contribution in [0.4, 0.5) is 20.2 Å². The number of hydrogen-bond donors (Lipinski definition) is 2. The monoisotopic (exact) mass is 285 g/mol. The molecule has 0 amide bonds. The van der Waals surface area contributed by atoms with Crippen LogP contribution < -0.4 is 11.1 Å². The second-order valence-corrected chi connectivity index (χ2v) is 4.91. The number of hydrogen-bond acceptors (Lipinski definition) is 4. The zero-order valence-corrected chi connectivity index (χ0v) is 11.6. The van der Waals surface area contributed by atoms with E-state index >= 15 is 0 Å². The minimum absolute atomic E-state index is 0.0202. The zero-order valence-electron chi connectivity index (χ0n) is 11.6. The number of alkyl halides is 2. The van der Waals surface area contributed by atoms with Crippen LogP contribution >= 0.6 is 0 Å². The Kier molecular flexibility index (Phi) is 5.14. The Morgan fingerprint density at radius 2 is 2.30 bits per heavy atom. The van der Waals surface area contributed by atoms with Gasteiger partial charge in [0.1, 0.15) is 0 Å². The quantitative estimate of drug-likeness (QED) is 0.815. The average molecular weight is 285 g/mol. The van der Waals surface area contributed by atoms with Crippen LogP contribution in [0.3, 0.4) is 0 Å². The predicted octanol–water partition coefficient (Wildman–Crippen LogP) is 2.34. The summed E-state index contributed by atoms with van der Waals surface area (Å²) >= 11 is 0. The number of benzene rings is 1. The number of nitrogens with one attached hydrogen (secondary N) is 1. The third-order valence-corrected chi connectivity index (χ3v) is 3.50. The number of nitrogen functional groups attached to an aromatic ring is 1. The molecule has 6 heteroatoms. The second-order valence-electron chi connectivity index (χ2n) is 4.91. The SMILES string of the molecule is CCN1CCOC(CNc2ccc(N)cc2C(F)F)C1. The van der Waals surface area contributed by atoms with Gasteiger partial charge in [-0.25, -0.2) is 8.78 Å². The van der Waals surface area contributed by atoms with E-state index in [4.69, 9.17) is 10.5 Å². The highest BCUT2D eigenvalue weighted by atomic mass is 19.3. The van der Waals surface area contributed by atoms with Crippen molar-refractivity contribution in [2.45, 2.75) is 19.5 Å². The van der Waals surface area contributed by atoms with Crippen molar-refractivity contribution >= 4 is 11.4 Å². The number of rotatable bonds is 5. The molecule has 0 bridgehead atoms. The summed E-state index contributed by atoms with van der Waals surface area (Å²) in [6.45, 7) is 6.03. The largest absolute Gasteiger partial charge is 0.399 e. The molecule has 1 saturated heterocycles. The first-order valence-corrected chi connectivity index (χ1v) is 6.85. The standard InChI is InChI=1S/C14H21F2N3O/c1-2-19-5-6-20-11(9-19)8-18-13-4-3-10(17)7-12(13)14(15)16/h3-4,7,11,14,18H,2,5-6,8-9,17H2,1H3. The summed E-state index contributed by atoms with van der Waals surface area (Å²) < 4.78 is 31.5. The summed E-state index contributed by atoms with van der Waals surface area (Å²) in [5, 5.41) is 3.05. The maximum atomic E-state index is 13.0. The zero-order chi connectivity index (χ0) is 14.5. The fraction of sp³-hybridized carbons (Fsp3) is 0.571. The molecule has 3 N–H and O–H groups in total. The molecule has 0 saturated carbocycles. The molecule has 1 unspecified atom stereocenters. The van der Waals surface area contributed by atoms with Gasteiger partial charge in [0, 0.05) is 36.6 Å². The van der Waals surface area contributed by atoms with Crippen LogP contribution in [0, 0.1) is 0 Å². The van der Waals surface area contributed by atoms with Crippen molar-refractivity contribution in [2.24, 2.45) is 0 Å². The van der Waals surface area contributed by atoms with Gasteiger partial charge in [-0.15, -0.1) is 0 Å². The Bertz CT molecular complexity index is 442. The van der Waals surface area contributed by atoms with Gasteiger partial charge in [0.2, 0.25) is 0 Å². The smallest absolute Gasteiger partial charge is 0.265 e. The third-order valence-electron chi connectivity index (χ3n) is 3.50. The number of morpholine rings is 1. The highest BCUT2D eigenvalue weighted by Crippen LogP contribution is 2.29. The third kappa shape index (κ3) is 3.80. The number of likely N-dealkylation sites (N-methyl/N-ethyl adjacent to an activating group) is 1. The number of ether oxygens (including phenoxy) is 1. The van der Waals surface area contributed by atoms with E-state index in [1.165, 1.54) is 6.07 Å². The molecule has 112 valence electrons. The lowest BCUT2D eigenvalue weighted by Crippen LogP contribution is -2.45. The normalized spacial score (nSPS) is 20.3. The second kappa shape index (κ2) is 6.85. The Balaban J connectivity index is 1.96. The van der Waals surface area contributed by atoms with E-state index < -0.39 is 6.43 Å². The van der Waals surface area contributed by atoms with Gasteiger partial charge in [-0.1, -0.05) is 6.92 Å². The van der Waals surface area contributed by atoms with Crippen LogP contribution in [-0.2, 0) is 4.74 Å². The maximum absolute atomic E-state index is 13.0. The van der Waals surface area contributed by atoms with Gasteiger partial charge >= 0.3 is 0 Å². The first-order chi connectivity index (χ1) is 9.60. The van der Waals surface area contributed by atoms with E-state index in [0.717, 1.165) is 19.6 Å². The first-order valence-electron chi connectivity index (χ1n) is 6.85.